The first-order valence-corrected chi connectivity index (χ1v) is 6.61. The quantitative estimate of drug-likeness (QED) is 0.732. The zero-order chi connectivity index (χ0) is 13.0. The average Bonchev–Trinajstić information content (AvgIpc) is 2.47. The summed E-state index contributed by atoms with van der Waals surface area (Å²) >= 11 is 5.31. The van der Waals surface area contributed by atoms with E-state index in [1.165, 1.54) is 0 Å². The highest BCUT2D eigenvalue weighted by atomic mass is 32.1. The molecule has 0 aliphatic carbocycles. The molecule has 5 heteroatoms. The number of aryl methyl sites for hydroxylation is 1. The van der Waals surface area contributed by atoms with E-state index in [2.05, 4.69) is 37.7 Å². The molecule has 4 nitrogen and oxygen atoms in total. The van der Waals surface area contributed by atoms with Crippen LogP contribution in [0.3, 0.4) is 0 Å². The number of nitrogens with zero attached hydrogens (tertiary/aromatic N) is 4. The van der Waals surface area contributed by atoms with E-state index in [4.69, 9.17) is 12.2 Å². The normalized spacial score (nSPS) is 12.0. The summed E-state index contributed by atoms with van der Waals surface area (Å²) in [6.07, 6.45) is 1.77. The zero-order valence-corrected chi connectivity index (χ0v) is 12.4. The second-order valence-corrected chi connectivity index (χ2v) is 5.85. The van der Waals surface area contributed by atoms with Crippen LogP contribution < -0.4 is 0 Å². The van der Waals surface area contributed by atoms with Gasteiger partial charge in [0.2, 0.25) is 0 Å². The van der Waals surface area contributed by atoms with Gasteiger partial charge >= 0.3 is 0 Å². The molecule has 0 aliphatic heterocycles. The Hall–Kier alpha value is -0.680. The Balaban J connectivity index is 2.71. The summed E-state index contributed by atoms with van der Waals surface area (Å²) in [5.41, 5.74) is 0. The van der Waals surface area contributed by atoms with Crippen molar-refractivity contribution in [2.24, 2.45) is 18.9 Å². The van der Waals surface area contributed by atoms with Crippen molar-refractivity contribution in [3.8, 4) is 0 Å². The van der Waals surface area contributed by atoms with Crippen LogP contribution in [0.4, 0.5) is 0 Å². The van der Waals surface area contributed by atoms with Crippen LogP contribution in [-0.2, 0) is 13.7 Å². The molecule has 0 amide bonds. The molecular formula is C12H24N4S. The Kier molecular flexibility index (Phi) is 5.33. The summed E-state index contributed by atoms with van der Waals surface area (Å²) in [7, 11) is 1.93. The fraction of sp³-hybridized carbons (Fsp3) is 0.833. The lowest BCUT2D eigenvalue weighted by atomic mass is 10.1. The maximum Gasteiger partial charge on any atom is 0.198 e. The van der Waals surface area contributed by atoms with Gasteiger partial charge in [0.1, 0.15) is 6.33 Å². The predicted molar refractivity (Wildman–Crippen MR) is 73.3 cm³/mol. The summed E-state index contributed by atoms with van der Waals surface area (Å²) in [5, 5.41) is 4.30. The highest BCUT2D eigenvalue weighted by molar-refractivity contribution is 7.71. The number of rotatable bonds is 6. The van der Waals surface area contributed by atoms with E-state index in [1.54, 1.807) is 6.33 Å². The first kappa shape index (κ1) is 14.4. The molecule has 0 radical (unpaired) electrons. The van der Waals surface area contributed by atoms with Crippen LogP contribution in [0.25, 0.3) is 0 Å². The summed E-state index contributed by atoms with van der Waals surface area (Å²) in [6.45, 7) is 11.9. The van der Waals surface area contributed by atoms with Gasteiger partial charge in [-0.05, 0) is 24.1 Å². The zero-order valence-electron chi connectivity index (χ0n) is 11.6. The van der Waals surface area contributed by atoms with Crippen LogP contribution in [0.2, 0.25) is 0 Å². The second kappa shape index (κ2) is 6.31. The maximum absolute atomic E-state index is 5.31. The fourth-order valence-electron chi connectivity index (χ4n) is 1.93. The molecule has 1 aromatic heterocycles. The molecule has 1 rings (SSSR count). The van der Waals surface area contributed by atoms with Gasteiger partial charge in [-0.2, -0.15) is 5.10 Å². The van der Waals surface area contributed by atoms with E-state index in [1.807, 2.05) is 16.3 Å². The highest BCUT2D eigenvalue weighted by Gasteiger charge is 2.11. The fourth-order valence-corrected chi connectivity index (χ4v) is 2.08. The Morgan fingerprint density at radius 2 is 1.76 bits per heavy atom. The summed E-state index contributed by atoms with van der Waals surface area (Å²) in [4.78, 5) is 2.41. The second-order valence-electron chi connectivity index (χ2n) is 5.49. The Bertz CT molecular complexity index is 381. The molecule has 0 spiro atoms. The Morgan fingerprint density at radius 1 is 1.24 bits per heavy atom. The van der Waals surface area contributed by atoms with Gasteiger partial charge in [-0.3, -0.25) is 4.90 Å². The van der Waals surface area contributed by atoms with Crippen molar-refractivity contribution in [2.75, 3.05) is 13.1 Å². The van der Waals surface area contributed by atoms with Crippen LogP contribution in [0.1, 0.15) is 27.7 Å². The smallest absolute Gasteiger partial charge is 0.198 e. The van der Waals surface area contributed by atoms with Crippen LogP contribution in [0.5, 0.6) is 0 Å². The summed E-state index contributed by atoms with van der Waals surface area (Å²) in [5.74, 6) is 1.32. The van der Waals surface area contributed by atoms with Gasteiger partial charge in [-0.15, -0.1) is 0 Å². The molecule has 0 bridgehead atoms. The molecule has 0 N–H and O–H groups in total. The molecule has 0 saturated heterocycles. The topological polar surface area (TPSA) is 26.0 Å². The molecular weight excluding hydrogens is 232 g/mol. The van der Waals surface area contributed by atoms with Gasteiger partial charge in [0.05, 0.1) is 6.67 Å². The molecule has 1 aromatic rings. The van der Waals surface area contributed by atoms with Crippen LogP contribution in [-0.4, -0.2) is 32.3 Å². The largest absolute Gasteiger partial charge is 0.310 e. The van der Waals surface area contributed by atoms with Crippen LogP contribution >= 0.6 is 12.2 Å². The molecule has 0 fully saturated rings. The minimum atomic E-state index is 0.659. The van der Waals surface area contributed by atoms with Crippen molar-refractivity contribution >= 4 is 12.2 Å². The number of hydrogen-bond acceptors (Lipinski definition) is 3. The van der Waals surface area contributed by atoms with E-state index in [0.29, 0.717) is 11.8 Å². The van der Waals surface area contributed by atoms with Crippen LogP contribution in [0, 0.1) is 16.6 Å². The monoisotopic (exact) mass is 256 g/mol. The minimum absolute atomic E-state index is 0.659. The molecule has 1 heterocycles. The van der Waals surface area contributed by atoms with Crippen molar-refractivity contribution < 1.29 is 0 Å². The molecule has 0 unspecified atom stereocenters. The highest BCUT2D eigenvalue weighted by Crippen LogP contribution is 2.05. The lowest BCUT2D eigenvalue weighted by molar-refractivity contribution is 0.164. The number of aromatic nitrogens is 3. The van der Waals surface area contributed by atoms with E-state index >= 15 is 0 Å². The molecule has 0 aromatic carbocycles. The van der Waals surface area contributed by atoms with Crippen molar-refractivity contribution in [3.05, 3.63) is 11.1 Å². The third-order valence-corrected chi connectivity index (χ3v) is 2.97. The first-order valence-electron chi connectivity index (χ1n) is 6.21. The number of hydrogen-bond donors (Lipinski definition) is 0. The van der Waals surface area contributed by atoms with Gasteiger partial charge in [0, 0.05) is 20.1 Å². The molecule has 98 valence electrons. The van der Waals surface area contributed by atoms with Crippen molar-refractivity contribution in [1.82, 2.24) is 19.2 Å². The van der Waals surface area contributed by atoms with Crippen molar-refractivity contribution in [2.45, 2.75) is 34.4 Å². The molecule has 0 aliphatic rings. The molecule has 0 atom stereocenters. The average molecular weight is 256 g/mol. The van der Waals surface area contributed by atoms with E-state index < -0.39 is 0 Å². The van der Waals surface area contributed by atoms with Crippen molar-refractivity contribution in [3.63, 3.8) is 0 Å². The minimum Gasteiger partial charge on any atom is -0.310 e. The Morgan fingerprint density at radius 3 is 2.12 bits per heavy atom. The Labute approximate surface area is 109 Å². The van der Waals surface area contributed by atoms with Gasteiger partial charge in [0.25, 0.3) is 0 Å². The third kappa shape index (κ3) is 4.60. The summed E-state index contributed by atoms with van der Waals surface area (Å²) in [6, 6.07) is 0. The lowest BCUT2D eigenvalue weighted by Gasteiger charge is -2.25. The molecule has 0 saturated carbocycles. The third-order valence-electron chi connectivity index (χ3n) is 2.47. The van der Waals surface area contributed by atoms with E-state index in [0.717, 1.165) is 24.5 Å². The lowest BCUT2D eigenvalue weighted by Crippen LogP contribution is -2.33. The van der Waals surface area contributed by atoms with Gasteiger partial charge in [0.15, 0.2) is 4.77 Å². The van der Waals surface area contributed by atoms with Crippen molar-refractivity contribution in [1.29, 1.82) is 0 Å². The SMILES string of the molecule is CC(C)CN(CC(C)C)Cn1ncn(C)c1=S. The first-order chi connectivity index (χ1) is 7.90. The van der Waals surface area contributed by atoms with Crippen LogP contribution in [0.15, 0.2) is 6.33 Å². The molecule has 17 heavy (non-hydrogen) atoms. The van der Waals surface area contributed by atoms with E-state index in [9.17, 15) is 0 Å². The maximum atomic E-state index is 5.31. The standard InChI is InChI=1S/C12H24N4S/c1-10(2)6-15(7-11(3)4)9-16-12(17)14(5)8-13-16/h8,10-11H,6-7,9H2,1-5H3. The van der Waals surface area contributed by atoms with E-state index in [-0.39, 0.29) is 0 Å². The van der Waals surface area contributed by atoms with Gasteiger partial charge in [-0.1, -0.05) is 27.7 Å². The van der Waals surface area contributed by atoms with Gasteiger partial charge in [-0.25, -0.2) is 4.68 Å². The predicted octanol–water partition coefficient (Wildman–Crippen LogP) is 2.52. The summed E-state index contributed by atoms with van der Waals surface area (Å²) < 4.78 is 4.54. The van der Waals surface area contributed by atoms with Gasteiger partial charge < -0.3 is 4.57 Å².